The fourth-order valence-electron chi connectivity index (χ4n) is 2.88. The molecule has 2 aromatic carbocycles. The Morgan fingerprint density at radius 3 is 2.38 bits per heavy atom. The van der Waals surface area contributed by atoms with Crippen molar-refractivity contribution in [2.45, 2.75) is 39.8 Å². The summed E-state index contributed by atoms with van der Waals surface area (Å²) in [5.74, 6) is 0.764. The summed E-state index contributed by atoms with van der Waals surface area (Å²) in [4.78, 5) is 27.4. The van der Waals surface area contributed by atoms with Crippen LogP contribution < -0.4 is 10.1 Å². The maximum Gasteiger partial charge on any atom is 0.242 e. The van der Waals surface area contributed by atoms with Gasteiger partial charge >= 0.3 is 0 Å². The van der Waals surface area contributed by atoms with Gasteiger partial charge in [-0.3, -0.25) is 9.59 Å². The molecule has 0 bridgehead atoms. The van der Waals surface area contributed by atoms with Gasteiger partial charge < -0.3 is 15.0 Å². The number of benzene rings is 2. The Bertz CT molecular complexity index is 821. The molecule has 0 aliphatic carbocycles. The van der Waals surface area contributed by atoms with Crippen molar-refractivity contribution in [3.8, 4) is 5.75 Å². The van der Waals surface area contributed by atoms with Gasteiger partial charge in [-0.1, -0.05) is 49.7 Å². The summed E-state index contributed by atoms with van der Waals surface area (Å²) in [5.41, 5.74) is 1.75. The predicted octanol–water partition coefficient (Wildman–Crippen LogP) is 4.08. The second-order valence-corrected chi connectivity index (χ2v) is 7.93. The molecular weight excluding hydrogens is 388 g/mol. The molecule has 0 saturated carbocycles. The average molecular weight is 417 g/mol. The van der Waals surface area contributed by atoms with E-state index in [0.29, 0.717) is 29.8 Å². The molecule has 0 fully saturated rings. The van der Waals surface area contributed by atoms with Gasteiger partial charge in [0.1, 0.15) is 11.8 Å². The van der Waals surface area contributed by atoms with Crippen molar-refractivity contribution in [3.05, 3.63) is 64.7 Å². The van der Waals surface area contributed by atoms with E-state index < -0.39 is 6.04 Å². The SMILES string of the molecule is COc1cccc(CN(C(=O)Cc2ccc(Cl)cc2)C(C)C(=O)NCC(C)C)c1. The normalized spacial score (nSPS) is 11.8. The Morgan fingerprint density at radius 1 is 1.07 bits per heavy atom. The topological polar surface area (TPSA) is 58.6 Å². The van der Waals surface area contributed by atoms with E-state index in [9.17, 15) is 9.59 Å². The molecule has 0 saturated heterocycles. The number of carbonyl (C=O) groups is 2. The Hall–Kier alpha value is -2.53. The van der Waals surface area contributed by atoms with E-state index in [4.69, 9.17) is 16.3 Å². The van der Waals surface area contributed by atoms with Crippen LogP contribution in [0.25, 0.3) is 0 Å². The van der Waals surface area contributed by atoms with Crippen LogP contribution >= 0.6 is 11.6 Å². The number of rotatable bonds is 9. The molecule has 0 aliphatic rings. The lowest BCUT2D eigenvalue weighted by molar-refractivity contribution is -0.140. The van der Waals surface area contributed by atoms with Gasteiger partial charge in [0.05, 0.1) is 13.5 Å². The molecule has 2 amide bonds. The number of methoxy groups -OCH3 is 1. The molecule has 156 valence electrons. The molecule has 6 heteroatoms. The summed E-state index contributed by atoms with van der Waals surface area (Å²) in [5, 5.41) is 3.54. The first kappa shape index (κ1) is 22.8. The molecule has 29 heavy (non-hydrogen) atoms. The van der Waals surface area contributed by atoms with Crippen LogP contribution in [0.3, 0.4) is 0 Å². The van der Waals surface area contributed by atoms with E-state index in [2.05, 4.69) is 5.32 Å². The highest BCUT2D eigenvalue weighted by molar-refractivity contribution is 6.30. The number of nitrogens with one attached hydrogen (secondary N) is 1. The number of halogens is 1. The molecule has 0 spiro atoms. The van der Waals surface area contributed by atoms with Crippen LogP contribution in [0.5, 0.6) is 5.75 Å². The van der Waals surface area contributed by atoms with Gasteiger partial charge in [0.15, 0.2) is 0 Å². The Morgan fingerprint density at radius 2 is 1.76 bits per heavy atom. The second kappa shape index (κ2) is 10.9. The Kier molecular flexibility index (Phi) is 8.52. The summed E-state index contributed by atoms with van der Waals surface area (Å²) >= 11 is 5.94. The van der Waals surface area contributed by atoms with E-state index in [1.807, 2.05) is 50.2 Å². The molecule has 2 aromatic rings. The maximum absolute atomic E-state index is 13.1. The highest BCUT2D eigenvalue weighted by atomic mass is 35.5. The van der Waals surface area contributed by atoms with Crippen LogP contribution in [0.15, 0.2) is 48.5 Å². The van der Waals surface area contributed by atoms with Crippen LogP contribution in [-0.2, 0) is 22.6 Å². The number of hydrogen-bond acceptors (Lipinski definition) is 3. The van der Waals surface area contributed by atoms with Crippen molar-refractivity contribution in [1.82, 2.24) is 10.2 Å². The van der Waals surface area contributed by atoms with Crippen LogP contribution in [0.2, 0.25) is 5.02 Å². The summed E-state index contributed by atoms with van der Waals surface area (Å²) in [6.45, 7) is 6.71. The lowest BCUT2D eigenvalue weighted by atomic mass is 10.1. The van der Waals surface area contributed by atoms with Crippen molar-refractivity contribution in [2.75, 3.05) is 13.7 Å². The van der Waals surface area contributed by atoms with Gasteiger partial charge in [0, 0.05) is 18.1 Å². The first-order chi connectivity index (χ1) is 13.8. The Labute approximate surface area is 178 Å². The number of carbonyl (C=O) groups excluding carboxylic acids is 2. The highest BCUT2D eigenvalue weighted by Crippen LogP contribution is 2.18. The maximum atomic E-state index is 13.1. The number of ether oxygens (including phenoxy) is 1. The molecule has 1 atom stereocenters. The predicted molar refractivity (Wildman–Crippen MR) is 116 cm³/mol. The zero-order valence-corrected chi connectivity index (χ0v) is 18.2. The zero-order chi connectivity index (χ0) is 21.4. The summed E-state index contributed by atoms with van der Waals surface area (Å²) in [6.07, 6.45) is 0.197. The average Bonchev–Trinajstić information content (AvgIpc) is 2.71. The molecule has 5 nitrogen and oxygen atoms in total. The molecular formula is C23H29ClN2O3. The summed E-state index contributed by atoms with van der Waals surface area (Å²) in [7, 11) is 1.60. The lowest BCUT2D eigenvalue weighted by Gasteiger charge is -2.29. The molecule has 1 N–H and O–H groups in total. The highest BCUT2D eigenvalue weighted by Gasteiger charge is 2.26. The van der Waals surface area contributed by atoms with E-state index in [1.54, 1.807) is 31.1 Å². The third kappa shape index (κ3) is 7.09. The van der Waals surface area contributed by atoms with Gasteiger partial charge in [-0.15, -0.1) is 0 Å². The van der Waals surface area contributed by atoms with Gasteiger partial charge in [0.2, 0.25) is 11.8 Å². The quantitative estimate of drug-likeness (QED) is 0.670. The van der Waals surface area contributed by atoms with Crippen molar-refractivity contribution in [3.63, 3.8) is 0 Å². The van der Waals surface area contributed by atoms with Crippen LogP contribution in [0, 0.1) is 5.92 Å². The Balaban J connectivity index is 2.21. The number of nitrogens with zero attached hydrogens (tertiary/aromatic N) is 1. The largest absolute Gasteiger partial charge is 0.497 e. The smallest absolute Gasteiger partial charge is 0.242 e. The molecule has 0 aliphatic heterocycles. The van der Waals surface area contributed by atoms with E-state index in [-0.39, 0.29) is 18.2 Å². The van der Waals surface area contributed by atoms with E-state index in [0.717, 1.165) is 11.1 Å². The minimum atomic E-state index is -0.597. The fourth-order valence-corrected chi connectivity index (χ4v) is 3.01. The van der Waals surface area contributed by atoms with E-state index in [1.165, 1.54) is 0 Å². The molecule has 0 aromatic heterocycles. The van der Waals surface area contributed by atoms with Crippen molar-refractivity contribution >= 4 is 23.4 Å². The number of hydrogen-bond donors (Lipinski definition) is 1. The van der Waals surface area contributed by atoms with Crippen LogP contribution in [0.4, 0.5) is 0 Å². The summed E-state index contributed by atoms with van der Waals surface area (Å²) < 4.78 is 5.28. The lowest BCUT2D eigenvalue weighted by Crippen LogP contribution is -2.48. The molecule has 1 unspecified atom stereocenters. The third-order valence-electron chi connectivity index (χ3n) is 4.61. The van der Waals surface area contributed by atoms with Crippen LogP contribution in [0.1, 0.15) is 31.9 Å². The van der Waals surface area contributed by atoms with Crippen molar-refractivity contribution in [1.29, 1.82) is 0 Å². The molecule has 0 heterocycles. The molecule has 0 radical (unpaired) electrons. The van der Waals surface area contributed by atoms with E-state index >= 15 is 0 Å². The van der Waals surface area contributed by atoms with Crippen LogP contribution in [-0.4, -0.2) is 36.4 Å². The minimum Gasteiger partial charge on any atom is -0.497 e. The van der Waals surface area contributed by atoms with Gasteiger partial charge in [-0.25, -0.2) is 0 Å². The molecule has 2 rings (SSSR count). The fraction of sp³-hybridized carbons (Fsp3) is 0.391. The first-order valence-electron chi connectivity index (χ1n) is 9.74. The van der Waals surface area contributed by atoms with Crippen molar-refractivity contribution < 1.29 is 14.3 Å². The number of amides is 2. The first-order valence-corrected chi connectivity index (χ1v) is 10.1. The minimum absolute atomic E-state index is 0.123. The van der Waals surface area contributed by atoms with Gasteiger partial charge in [0.25, 0.3) is 0 Å². The van der Waals surface area contributed by atoms with Gasteiger partial charge in [-0.05, 0) is 48.2 Å². The second-order valence-electron chi connectivity index (χ2n) is 7.49. The zero-order valence-electron chi connectivity index (χ0n) is 17.4. The standard InChI is InChI=1S/C23H29ClN2O3/c1-16(2)14-25-23(28)17(3)26(15-19-6-5-7-21(12-19)29-4)22(27)13-18-8-10-20(24)11-9-18/h5-12,16-17H,13-15H2,1-4H3,(H,25,28). The summed E-state index contributed by atoms with van der Waals surface area (Å²) in [6, 6.07) is 14.1. The third-order valence-corrected chi connectivity index (χ3v) is 4.86. The van der Waals surface area contributed by atoms with Gasteiger partial charge in [-0.2, -0.15) is 0 Å². The monoisotopic (exact) mass is 416 g/mol. The van der Waals surface area contributed by atoms with Crippen molar-refractivity contribution in [2.24, 2.45) is 5.92 Å².